The monoisotopic (exact) mass is 234 g/mol. The quantitative estimate of drug-likeness (QED) is 0.758. The van der Waals surface area contributed by atoms with E-state index in [9.17, 15) is 4.79 Å². The van der Waals surface area contributed by atoms with Crippen LogP contribution in [0.1, 0.15) is 40.5 Å². The van der Waals surface area contributed by atoms with Crippen molar-refractivity contribution in [2.24, 2.45) is 5.41 Å². The van der Waals surface area contributed by atoms with E-state index in [0.29, 0.717) is 0 Å². The first-order chi connectivity index (χ1) is 7.88. The van der Waals surface area contributed by atoms with Crippen LogP contribution in [0.3, 0.4) is 0 Å². The van der Waals surface area contributed by atoms with Crippen LogP contribution in [0, 0.1) is 5.41 Å². The zero-order valence-electron chi connectivity index (χ0n) is 11.2. The van der Waals surface area contributed by atoms with Crippen molar-refractivity contribution in [2.45, 2.75) is 40.5 Å². The molecule has 1 rings (SSSR count). The van der Waals surface area contributed by atoms with Crippen LogP contribution in [-0.2, 0) is 4.79 Å². The third-order valence-corrected chi connectivity index (χ3v) is 3.41. The van der Waals surface area contributed by atoms with Gasteiger partial charge in [0.15, 0.2) is 5.78 Å². The van der Waals surface area contributed by atoms with Crippen molar-refractivity contribution < 1.29 is 9.90 Å². The lowest BCUT2D eigenvalue weighted by Gasteiger charge is -2.20. The molecule has 2 nitrogen and oxygen atoms in total. The first-order valence-electron chi connectivity index (χ1n) is 6.09. The summed E-state index contributed by atoms with van der Waals surface area (Å²) in [5, 5.41) is 8.80. The molecule has 0 unspecified atom stereocenters. The van der Waals surface area contributed by atoms with E-state index in [0.717, 1.165) is 29.6 Å². The predicted octanol–water partition coefficient (Wildman–Crippen LogP) is 3.19. The van der Waals surface area contributed by atoms with Crippen molar-refractivity contribution in [3.05, 3.63) is 34.9 Å². The molecule has 0 spiro atoms. The second kappa shape index (κ2) is 5.46. The topological polar surface area (TPSA) is 37.3 Å². The highest BCUT2D eigenvalue weighted by molar-refractivity contribution is 5.95. The minimum Gasteiger partial charge on any atom is -0.392 e. The van der Waals surface area contributed by atoms with Gasteiger partial charge in [-0.05, 0) is 43.3 Å². The van der Waals surface area contributed by atoms with Gasteiger partial charge in [-0.3, -0.25) is 4.79 Å². The maximum Gasteiger partial charge on any atom is 0.156 e. The Hall–Kier alpha value is -1.15. The van der Waals surface area contributed by atoms with Gasteiger partial charge in [0.25, 0.3) is 0 Å². The van der Waals surface area contributed by atoms with E-state index in [-0.39, 0.29) is 17.8 Å². The van der Waals surface area contributed by atoms with Gasteiger partial charge in [0.2, 0.25) is 0 Å². The molecule has 0 aromatic rings. The third-order valence-electron chi connectivity index (χ3n) is 3.41. The van der Waals surface area contributed by atoms with Crippen molar-refractivity contribution in [1.82, 2.24) is 0 Å². The maximum atomic E-state index is 11.6. The molecule has 1 N–H and O–H groups in total. The highest BCUT2D eigenvalue weighted by atomic mass is 16.2. The van der Waals surface area contributed by atoms with Crippen LogP contribution < -0.4 is 0 Å². The number of rotatable bonds is 4. The minimum atomic E-state index is 0.0537. The zero-order valence-corrected chi connectivity index (χ0v) is 11.2. The van der Waals surface area contributed by atoms with Crippen molar-refractivity contribution in [3.8, 4) is 0 Å². The van der Waals surface area contributed by atoms with Crippen LogP contribution in [0.25, 0.3) is 0 Å². The SMILES string of the molecule is CC(=O)C1=C(C=CC(C)=CCO)C(C)(C)CC1. The smallest absolute Gasteiger partial charge is 0.156 e. The van der Waals surface area contributed by atoms with Crippen molar-refractivity contribution in [3.63, 3.8) is 0 Å². The van der Waals surface area contributed by atoms with Gasteiger partial charge in [-0.25, -0.2) is 0 Å². The minimum absolute atomic E-state index is 0.0537. The number of aliphatic hydroxyl groups excluding tert-OH is 1. The fourth-order valence-electron chi connectivity index (χ4n) is 2.23. The predicted molar refractivity (Wildman–Crippen MR) is 70.7 cm³/mol. The summed E-state index contributed by atoms with van der Waals surface area (Å²) in [6.07, 6.45) is 7.67. The van der Waals surface area contributed by atoms with E-state index in [1.165, 1.54) is 0 Å². The summed E-state index contributed by atoms with van der Waals surface area (Å²) in [5.41, 5.74) is 3.21. The molecule has 2 heteroatoms. The Morgan fingerprint density at radius 2 is 2.06 bits per heavy atom. The van der Waals surface area contributed by atoms with Crippen molar-refractivity contribution in [2.75, 3.05) is 6.61 Å². The van der Waals surface area contributed by atoms with Gasteiger partial charge in [0, 0.05) is 0 Å². The second-order valence-electron chi connectivity index (χ2n) is 5.30. The summed E-state index contributed by atoms with van der Waals surface area (Å²) < 4.78 is 0. The van der Waals surface area contributed by atoms with Crippen LogP contribution in [0.2, 0.25) is 0 Å². The molecule has 0 aromatic heterocycles. The standard InChI is InChI=1S/C15H22O2/c1-11(8-10-16)5-6-14-13(12(2)17)7-9-15(14,3)4/h5-6,8,16H,7,9-10H2,1-4H3. The molecule has 0 atom stereocenters. The number of ketones is 1. The Morgan fingerprint density at radius 3 is 2.59 bits per heavy atom. The Balaban J connectivity index is 3.03. The fourth-order valence-corrected chi connectivity index (χ4v) is 2.23. The number of Topliss-reactive ketones (excluding diaryl/α,β-unsaturated/α-hetero) is 1. The van der Waals surface area contributed by atoms with Gasteiger partial charge < -0.3 is 5.11 Å². The van der Waals surface area contributed by atoms with Crippen LogP contribution in [0.15, 0.2) is 34.9 Å². The third kappa shape index (κ3) is 3.40. The molecule has 0 radical (unpaired) electrons. The Morgan fingerprint density at radius 1 is 1.41 bits per heavy atom. The number of allylic oxidation sites excluding steroid dienone is 5. The van der Waals surface area contributed by atoms with E-state index >= 15 is 0 Å². The molecule has 17 heavy (non-hydrogen) atoms. The molecule has 1 aliphatic carbocycles. The average molecular weight is 234 g/mol. The van der Waals surface area contributed by atoms with Crippen LogP contribution in [-0.4, -0.2) is 17.5 Å². The summed E-state index contributed by atoms with van der Waals surface area (Å²) in [6.45, 7) is 7.99. The van der Waals surface area contributed by atoms with E-state index in [2.05, 4.69) is 13.8 Å². The second-order valence-corrected chi connectivity index (χ2v) is 5.30. The summed E-state index contributed by atoms with van der Waals surface area (Å²) in [6, 6.07) is 0. The van der Waals surface area contributed by atoms with Gasteiger partial charge in [-0.15, -0.1) is 0 Å². The highest BCUT2D eigenvalue weighted by Gasteiger charge is 2.32. The molecule has 0 aliphatic heterocycles. The number of aliphatic hydroxyl groups is 1. The van der Waals surface area contributed by atoms with E-state index in [1.807, 2.05) is 19.1 Å². The normalized spacial score (nSPS) is 20.4. The molecular weight excluding hydrogens is 212 g/mol. The van der Waals surface area contributed by atoms with Gasteiger partial charge in [0.05, 0.1) is 6.61 Å². The van der Waals surface area contributed by atoms with Gasteiger partial charge in [-0.1, -0.05) is 37.6 Å². The van der Waals surface area contributed by atoms with Crippen molar-refractivity contribution in [1.29, 1.82) is 0 Å². The lowest BCUT2D eigenvalue weighted by atomic mass is 9.84. The zero-order chi connectivity index (χ0) is 13.1. The number of carbonyl (C=O) groups is 1. The molecule has 0 saturated carbocycles. The Bertz CT molecular complexity index is 395. The first-order valence-corrected chi connectivity index (χ1v) is 6.09. The lowest BCUT2D eigenvalue weighted by molar-refractivity contribution is -0.113. The summed E-state index contributed by atoms with van der Waals surface area (Å²) >= 11 is 0. The summed E-state index contributed by atoms with van der Waals surface area (Å²) in [7, 11) is 0. The molecule has 94 valence electrons. The van der Waals surface area contributed by atoms with Crippen LogP contribution >= 0.6 is 0 Å². The highest BCUT2D eigenvalue weighted by Crippen LogP contribution is 2.43. The number of hydrogen-bond acceptors (Lipinski definition) is 2. The van der Waals surface area contributed by atoms with Crippen molar-refractivity contribution >= 4 is 5.78 Å². The van der Waals surface area contributed by atoms with E-state index in [1.54, 1.807) is 13.0 Å². The first kappa shape index (κ1) is 13.9. The molecule has 0 saturated heterocycles. The summed E-state index contributed by atoms with van der Waals surface area (Å²) in [5.74, 6) is 0.180. The summed E-state index contributed by atoms with van der Waals surface area (Å²) in [4.78, 5) is 11.6. The fraction of sp³-hybridized carbons (Fsp3) is 0.533. The van der Waals surface area contributed by atoms with Crippen LogP contribution in [0.4, 0.5) is 0 Å². The average Bonchev–Trinajstić information content (AvgIpc) is 2.51. The maximum absolute atomic E-state index is 11.6. The molecule has 1 aliphatic rings. The Labute approximate surface area is 104 Å². The van der Waals surface area contributed by atoms with Gasteiger partial charge in [-0.2, -0.15) is 0 Å². The number of carbonyl (C=O) groups excluding carboxylic acids is 1. The van der Waals surface area contributed by atoms with Crippen LogP contribution in [0.5, 0.6) is 0 Å². The van der Waals surface area contributed by atoms with Gasteiger partial charge >= 0.3 is 0 Å². The molecular formula is C15H22O2. The molecule has 0 aromatic carbocycles. The molecule has 0 bridgehead atoms. The molecule has 0 amide bonds. The molecule has 0 heterocycles. The lowest BCUT2D eigenvalue weighted by Crippen LogP contribution is -2.09. The Kier molecular flexibility index (Phi) is 4.47. The molecule has 0 fully saturated rings. The number of hydrogen-bond donors (Lipinski definition) is 1. The van der Waals surface area contributed by atoms with Gasteiger partial charge in [0.1, 0.15) is 0 Å². The van der Waals surface area contributed by atoms with E-state index in [4.69, 9.17) is 5.11 Å². The largest absolute Gasteiger partial charge is 0.392 e. The van der Waals surface area contributed by atoms with E-state index < -0.39 is 0 Å².